The number of nitrogens with zero attached hydrogens (tertiary/aromatic N) is 1. The highest BCUT2D eigenvalue weighted by atomic mass is 35.5. The van der Waals surface area contributed by atoms with Crippen molar-refractivity contribution in [3.63, 3.8) is 0 Å². The van der Waals surface area contributed by atoms with Gasteiger partial charge in [0.1, 0.15) is 0 Å². The van der Waals surface area contributed by atoms with E-state index >= 15 is 0 Å². The molecule has 0 saturated heterocycles. The minimum atomic E-state index is -4.18. The third kappa shape index (κ3) is 7.49. The Morgan fingerprint density at radius 3 is 2.40 bits per heavy atom. The van der Waals surface area contributed by atoms with Gasteiger partial charge in [0, 0.05) is 17.9 Å². The van der Waals surface area contributed by atoms with Gasteiger partial charge in [-0.15, -0.1) is 0 Å². The molecule has 10 heavy (non-hydrogen) atoms. The molecule has 0 aliphatic carbocycles. The molecule has 0 aliphatic heterocycles. The zero-order valence-electron chi connectivity index (χ0n) is 4.90. The lowest BCUT2D eigenvalue weighted by Crippen LogP contribution is -2.06. The molecule has 0 fully saturated rings. The first kappa shape index (κ1) is 9.49. The highest BCUT2D eigenvalue weighted by molar-refractivity contribution is 6.25. The largest absolute Gasteiger partial charge is 0.393 e. The van der Waals surface area contributed by atoms with Gasteiger partial charge in [0.05, 0.1) is 6.42 Å². The van der Waals surface area contributed by atoms with Crippen molar-refractivity contribution in [3.8, 4) is 0 Å². The van der Waals surface area contributed by atoms with Crippen molar-refractivity contribution in [2.24, 2.45) is 4.99 Å². The fourth-order valence-corrected chi connectivity index (χ4v) is 0.315. The van der Waals surface area contributed by atoms with Crippen molar-refractivity contribution in [2.45, 2.75) is 12.6 Å². The number of halogens is 4. The SMILES string of the molecule is FC(F)(F)CC=N/C=C/Cl. The topological polar surface area (TPSA) is 12.4 Å². The van der Waals surface area contributed by atoms with Crippen LogP contribution in [-0.4, -0.2) is 12.4 Å². The van der Waals surface area contributed by atoms with E-state index in [9.17, 15) is 13.2 Å². The number of hydrogen-bond acceptors (Lipinski definition) is 1. The smallest absolute Gasteiger partial charge is 0.268 e. The van der Waals surface area contributed by atoms with E-state index in [-0.39, 0.29) is 0 Å². The minimum absolute atomic E-state index is 0.749. The molecule has 0 aromatic heterocycles. The molecule has 0 aliphatic rings. The molecule has 0 saturated carbocycles. The van der Waals surface area contributed by atoms with Crippen LogP contribution < -0.4 is 0 Å². The quantitative estimate of drug-likeness (QED) is 0.567. The van der Waals surface area contributed by atoms with E-state index in [0.29, 0.717) is 0 Å². The Balaban J connectivity index is 3.54. The monoisotopic (exact) mass is 171 g/mol. The summed E-state index contributed by atoms with van der Waals surface area (Å²) in [6.45, 7) is 0. The van der Waals surface area contributed by atoms with Crippen LogP contribution in [0.4, 0.5) is 13.2 Å². The van der Waals surface area contributed by atoms with Gasteiger partial charge in [-0.3, -0.25) is 4.99 Å². The maximum absolute atomic E-state index is 11.3. The summed E-state index contributed by atoms with van der Waals surface area (Å²) in [5.74, 6) is 0. The number of alkyl halides is 3. The predicted octanol–water partition coefficient (Wildman–Crippen LogP) is 2.72. The van der Waals surface area contributed by atoms with Gasteiger partial charge in [-0.25, -0.2) is 0 Å². The van der Waals surface area contributed by atoms with E-state index < -0.39 is 12.6 Å². The lowest BCUT2D eigenvalue weighted by Gasteiger charge is -1.98. The summed E-state index contributed by atoms with van der Waals surface area (Å²) in [7, 11) is 0. The Hall–Kier alpha value is -0.510. The van der Waals surface area contributed by atoms with Crippen LogP contribution in [0.15, 0.2) is 16.7 Å². The van der Waals surface area contributed by atoms with E-state index in [1.807, 2.05) is 0 Å². The Bertz CT molecular complexity index is 138. The van der Waals surface area contributed by atoms with Gasteiger partial charge in [0.15, 0.2) is 0 Å². The van der Waals surface area contributed by atoms with Crippen molar-refractivity contribution in [1.29, 1.82) is 0 Å². The molecule has 0 rings (SSSR count). The first-order chi connectivity index (χ1) is 4.56. The Morgan fingerprint density at radius 1 is 1.40 bits per heavy atom. The van der Waals surface area contributed by atoms with Crippen LogP contribution in [0.3, 0.4) is 0 Å². The summed E-state index contributed by atoms with van der Waals surface area (Å²) >= 11 is 4.98. The van der Waals surface area contributed by atoms with Gasteiger partial charge in [-0.2, -0.15) is 13.2 Å². The molecule has 0 bridgehead atoms. The summed E-state index contributed by atoms with van der Waals surface area (Å²) in [5.41, 5.74) is 1.03. The van der Waals surface area contributed by atoms with Crippen LogP contribution in [0.25, 0.3) is 0 Å². The van der Waals surface area contributed by atoms with E-state index in [0.717, 1.165) is 17.9 Å². The highest BCUT2D eigenvalue weighted by Gasteiger charge is 2.24. The summed E-state index contributed by atoms with van der Waals surface area (Å²) in [5, 5.41) is 0. The normalized spacial score (nSPS) is 13.6. The van der Waals surface area contributed by atoms with E-state index in [1.165, 1.54) is 0 Å². The lowest BCUT2D eigenvalue weighted by molar-refractivity contribution is -0.120. The molecule has 0 N–H and O–H groups in total. The molecular weight excluding hydrogens is 167 g/mol. The second kappa shape index (κ2) is 4.33. The number of hydrogen-bond donors (Lipinski definition) is 0. The molecule has 58 valence electrons. The van der Waals surface area contributed by atoms with Crippen molar-refractivity contribution in [2.75, 3.05) is 0 Å². The third-order valence-electron chi connectivity index (χ3n) is 0.571. The maximum atomic E-state index is 11.3. The van der Waals surface area contributed by atoms with E-state index in [1.54, 1.807) is 0 Å². The highest BCUT2D eigenvalue weighted by Crippen LogP contribution is 2.17. The van der Waals surface area contributed by atoms with Gasteiger partial charge < -0.3 is 0 Å². The van der Waals surface area contributed by atoms with Crippen molar-refractivity contribution < 1.29 is 13.2 Å². The third-order valence-corrected chi connectivity index (χ3v) is 0.683. The van der Waals surface area contributed by atoms with Gasteiger partial charge in [0.2, 0.25) is 0 Å². The van der Waals surface area contributed by atoms with Gasteiger partial charge in [0.25, 0.3) is 0 Å². The summed E-state index contributed by atoms with van der Waals surface area (Å²) in [4.78, 5) is 3.22. The summed E-state index contributed by atoms with van der Waals surface area (Å²) in [6, 6.07) is 0. The molecule has 5 heteroatoms. The summed E-state index contributed by atoms with van der Waals surface area (Å²) < 4.78 is 34.0. The van der Waals surface area contributed by atoms with Crippen LogP contribution in [0.2, 0.25) is 0 Å². The zero-order valence-corrected chi connectivity index (χ0v) is 5.65. The molecule has 0 atom stereocenters. The van der Waals surface area contributed by atoms with E-state index in [2.05, 4.69) is 4.99 Å². The second-order valence-electron chi connectivity index (χ2n) is 1.43. The summed E-state index contributed by atoms with van der Waals surface area (Å²) in [6.07, 6.45) is -3.37. The first-order valence-corrected chi connectivity index (χ1v) is 2.83. The van der Waals surface area contributed by atoms with E-state index in [4.69, 9.17) is 11.6 Å². The average Bonchev–Trinajstić information content (AvgIpc) is 1.78. The lowest BCUT2D eigenvalue weighted by atomic mass is 10.5. The Morgan fingerprint density at radius 2 is 2.00 bits per heavy atom. The van der Waals surface area contributed by atoms with Gasteiger partial charge in [-0.1, -0.05) is 11.6 Å². The predicted molar refractivity (Wildman–Crippen MR) is 34.2 cm³/mol. The molecule has 0 amide bonds. The fraction of sp³-hybridized carbons (Fsp3) is 0.400. The molecule has 0 heterocycles. The number of aliphatic imine (C=N–C) groups is 1. The average molecular weight is 172 g/mol. The second-order valence-corrected chi connectivity index (χ2v) is 1.68. The van der Waals surface area contributed by atoms with Crippen LogP contribution in [-0.2, 0) is 0 Å². The van der Waals surface area contributed by atoms with Crippen LogP contribution in [0, 0.1) is 0 Å². The van der Waals surface area contributed by atoms with Crippen molar-refractivity contribution in [1.82, 2.24) is 0 Å². The van der Waals surface area contributed by atoms with Crippen molar-refractivity contribution in [3.05, 3.63) is 11.7 Å². The zero-order chi connectivity index (χ0) is 8.04. The molecule has 0 radical (unpaired) electrons. The Kier molecular flexibility index (Phi) is 4.11. The first-order valence-electron chi connectivity index (χ1n) is 2.40. The van der Waals surface area contributed by atoms with Gasteiger partial charge >= 0.3 is 6.18 Å². The Labute approximate surface area is 61.2 Å². The van der Waals surface area contributed by atoms with Crippen LogP contribution in [0.5, 0.6) is 0 Å². The standard InChI is InChI=1S/C5H5ClF3N/c6-2-4-10-3-1-5(7,8)9/h2-4H,1H2/b4-2+,10-3?. The number of rotatable bonds is 2. The molecular formula is C5H5ClF3N. The van der Waals surface area contributed by atoms with Crippen LogP contribution >= 0.6 is 11.6 Å². The molecule has 0 unspecified atom stereocenters. The van der Waals surface area contributed by atoms with Crippen molar-refractivity contribution >= 4 is 17.8 Å². The minimum Gasteiger partial charge on any atom is -0.268 e. The molecule has 0 aromatic rings. The molecule has 0 aromatic carbocycles. The maximum Gasteiger partial charge on any atom is 0.393 e. The van der Waals surface area contributed by atoms with Gasteiger partial charge in [-0.05, 0) is 0 Å². The molecule has 1 nitrogen and oxygen atoms in total. The fourth-order valence-electron chi connectivity index (χ4n) is 0.250. The molecule has 0 spiro atoms. The van der Waals surface area contributed by atoms with Crippen LogP contribution in [0.1, 0.15) is 6.42 Å².